The van der Waals surface area contributed by atoms with Gasteiger partial charge in [0.2, 0.25) is 0 Å². The minimum Gasteiger partial charge on any atom is -0.393 e. The molecule has 27 heavy (non-hydrogen) atoms. The van der Waals surface area contributed by atoms with Crippen LogP contribution in [0.25, 0.3) is 0 Å². The average Bonchev–Trinajstić information content (AvgIpc) is 2.92. The Morgan fingerprint density at radius 2 is 1.70 bits per heavy atom. The molecule has 3 atom stereocenters. The van der Waals surface area contributed by atoms with E-state index in [-0.39, 0.29) is 24.1 Å². The first-order chi connectivity index (χ1) is 12.7. The van der Waals surface area contributed by atoms with Crippen LogP contribution in [0.3, 0.4) is 0 Å². The molecule has 2 aromatic heterocycles. The van der Waals surface area contributed by atoms with Crippen LogP contribution in [-0.2, 0) is 11.3 Å². The van der Waals surface area contributed by atoms with Gasteiger partial charge in [-0.25, -0.2) is 9.59 Å². The first-order valence-corrected chi connectivity index (χ1v) is 8.26. The largest absolute Gasteiger partial charge is 0.393 e. The third-order valence-electron chi connectivity index (χ3n) is 4.75. The molecule has 11 heteroatoms. The van der Waals surface area contributed by atoms with Crippen LogP contribution < -0.4 is 22.5 Å². The molecule has 0 aliphatic carbocycles. The fourth-order valence-corrected chi connectivity index (χ4v) is 3.13. The number of H-pyrrole nitrogens is 2. The molecular formula is C16H20N4O7. The lowest BCUT2D eigenvalue weighted by Gasteiger charge is -2.30. The first-order valence-electron chi connectivity index (χ1n) is 8.26. The summed E-state index contributed by atoms with van der Waals surface area (Å²) >= 11 is 0. The van der Waals surface area contributed by atoms with Crippen molar-refractivity contribution in [2.45, 2.75) is 44.7 Å². The van der Waals surface area contributed by atoms with Crippen molar-refractivity contribution in [3.05, 3.63) is 65.2 Å². The van der Waals surface area contributed by atoms with Crippen molar-refractivity contribution in [1.82, 2.24) is 19.1 Å². The summed E-state index contributed by atoms with van der Waals surface area (Å²) in [5.41, 5.74) is -3.50. The molecule has 146 valence electrons. The van der Waals surface area contributed by atoms with Gasteiger partial charge in [0, 0.05) is 29.9 Å². The molecule has 0 aromatic carbocycles. The third kappa shape index (κ3) is 3.31. The lowest BCUT2D eigenvalue weighted by atomic mass is 9.97. The Morgan fingerprint density at radius 1 is 1.11 bits per heavy atom. The maximum Gasteiger partial charge on any atom is 0.330 e. The van der Waals surface area contributed by atoms with Gasteiger partial charge in [0.15, 0.2) is 0 Å². The molecule has 0 amide bonds. The van der Waals surface area contributed by atoms with Crippen molar-refractivity contribution in [1.29, 1.82) is 0 Å². The van der Waals surface area contributed by atoms with Gasteiger partial charge in [0.1, 0.15) is 11.8 Å². The molecule has 2 aromatic rings. The van der Waals surface area contributed by atoms with E-state index < -0.39 is 47.0 Å². The van der Waals surface area contributed by atoms with E-state index in [2.05, 4.69) is 9.97 Å². The molecule has 0 bridgehead atoms. The van der Waals surface area contributed by atoms with E-state index in [0.29, 0.717) is 0 Å². The predicted octanol–water partition coefficient (Wildman–Crippen LogP) is -2.29. The Balaban J connectivity index is 1.98. The number of rotatable bonds is 4. The van der Waals surface area contributed by atoms with Gasteiger partial charge < -0.3 is 14.9 Å². The third-order valence-corrected chi connectivity index (χ3v) is 4.75. The highest BCUT2D eigenvalue weighted by Gasteiger charge is 2.49. The summed E-state index contributed by atoms with van der Waals surface area (Å²) in [6.45, 7) is 2.15. The number of ether oxygens (including phenoxy) is 1. The SMILES string of the molecule is Cc1cn(C[C@]2(CO)O[C@@H](n3cc(C)c(=O)[nH]c3=O)C[C@@H]2O)c(=O)[nH]c1=O. The quantitative estimate of drug-likeness (QED) is 0.465. The van der Waals surface area contributed by atoms with E-state index in [4.69, 9.17) is 4.74 Å². The standard InChI is InChI=1S/C16H20N4O7/c1-8-4-19(14(25)17-12(8)23)6-16(7-21)10(22)3-11(27-16)20-5-9(2)13(24)18-15(20)26/h4-5,10-11,21-22H,3,6-7H2,1-2H3,(H,17,23,25)(H,18,24,26)/t10-,11+,16+/m0/s1. The zero-order valence-electron chi connectivity index (χ0n) is 14.8. The highest BCUT2D eigenvalue weighted by Crippen LogP contribution is 2.37. The van der Waals surface area contributed by atoms with Crippen LogP contribution in [0.2, 0.25) is 0 Å². The van der Waals surface area contributed by atoms with Crippen LogP contribution in [0, 0.1) is 13.8 Å². The number of aryl methyl sites for hydroxylation is 2. The minimum atomic E-state index is -1.57. The number of hydrogen-bond donors (Lipinski definition) is 4. The van der Waals surface area contributed by atoms with Crippen LogP contribution in [0.1, 0.15) is 23.8 Å². The Labute approximate surface area is 151 Å². The fourth-order valence-electron chi connectivity index (χ4n) is 3.13. The lowest BCUT2D eigenvalue weighted by molar-refractivity contribution is -0.137. The van der Waals surface area contributed by atoms with Gasteiger partial charge >= 0.3 is 11.4 Å². The van der Waals surface area contributed by atoms with Crippen LogP contribution in [0.4, 0.5) is 0 Å². The smallest absolute Gasteiger partial charge is 0.330 e. The van der Waals surface area contributed by atoms with Crippen molar-refractivity contribution >= 4 is 0 Å². The second-order valence-electron chi connectivity index (χ2n) is 6.72. The molecule has 0 unspecified atom stereocenters. The van der Waals surface area contributed by atoms with Crippen LogP contribution >= 0.6 is 0 Å². The molecular weight excluding hydrogens is 360 g/mol. The molecule has 0 spiro atoms. The Kier molecular flexibility index (Phi) is 4.76. The molecule has 3 rings (SSSR count). The number of aromatic amines is 2. The van der Waals surface area contributed by atoms with E-state index >= 15 is 0 Å². The van der Waals surface area contributed by atoms with Crippen molar-refractivity contribution in [2.24, 2.45) is 0 Å². The zero-order valence-corrected chi connectivity index (χ0v) is 14.8. The summed E-state index contributed by atoms with van der Waals surface area (Å²) in [5, 5.41) is 20.4. The molecule has 1 aliphatic rings. The number of nitrogens with zero attached hydrogens (tertiary/aromatic N) is 2. The van der Waals surface area contributed by atoms with Gasteiger partial charge in [-0.15, -0.1) is 0 Å². The Morgan fingerprint density at radius 3 is 2.33 bits per heavy atom. The van der Waals surface area contributed by atoms with E-state index in [1.165, 1.54) is 26.2 Å². The van der Waals surface area contributed by atoms with Gasteiger partial charge in [-0.3, -0.25) is 28.7 Å². The minimum absolute atomic E-state index is 0.0387. The summed E-state index contributed by atoms with van der Waals surface area (Å²) in [7, 11) is 0. The second kappa shape index (κ2) is 6.76. The highest BCUT2D eigenvalue weighted by atomic mass is 16.6. The van der Waals surface area contributed by atoms with Crippen molar-refractivity contribution in [3.8, 4) is 0 Å². The molecule has 11 nitrogen and oxygen atoms in total. The fraction of sp³-hybridized carbons (Fsp3) is 0.500. The number of aliphatic hydroxyl groups is 2. The second-order valence-corrected chi connectivity index (χ2v) is 6.72. The van der Waals surface area contributed by atoms with Gasteiger partial charge in [-0.05, 0) is 13.8 Å². The number of hydrogen-bond acceptors (Lipinski definition) is 7. The summed E-state index contributed by atoms with van der Waals surface area (Å²) < 4.78 is 8.04. The number of aliphatic hydroxyl groups excluding tert-OH is 2. The molecule has 1 fully saturated rings. The van der Waals surface area contributed by atoms with Gasteiger partial charge in [-0.1, -0.05) is 0 Å². The summed E-state index contributed by atoms with van der Waals surface area (Å²) in [6, 6.07) is 0. The van der Waals surface area contributed by atoms with Crippen molar-refractivity contribution < 1.29 is 14.9 Å². The lowest BCUT2D eigenvalue weighted by Crippen LogP contribution is -2.49. The van der Waals surface area contributed by atoms with Gasteiger partial charge in [0.05, 0.1) is 19.3 Å². The predicted molar refractivity (Wildman–Crippen MR) is 92.7 cm³/mol. The maximum absolute atomic E-state index is 12.1. The van der Waals surface area contributed by atoms with Crippen molar-refractivity contribution in [3.63, 3.8) is 0 Å². The topological polar surface area (TPSA) is 159 Å². The Hall–Kier alpha value is -2.76. The zero-order chi connectivity index (χ0) is 19.9. The summed E-state index contributed by atoms with van der Waals surface area (Å²) in [4.78, 5) is 51.4. The normalized spacial score (nSPS) is 25.0. The molecule has 4 N–H and O–H groups in total. The molecule has 1 aliphatic heterocycles. The van der Waals surface area contributed by atoms with Crippen molar-refractivity contribution in [2.75, 3.05) is 6.61 Å². The summed E-state index contributed by atoms with van der Waals surface area (Å²) in [5.74, 6) is 0. The van der Waals surface area contributed by atoms with E-state index in [0.717, 1.165) is 9.13 Å². The number of nitrogens with one attached hydrogen (secondary N) is 2. The van der Waals surface area contributed by atoms with Crippen LogP contribution in [0.5, 0.6) is 0 Å². The molecule has 0 saturated carbocycles. The maximum atomic E-state index is 12.1. The number of aromatic nitrogens is 4. The monoisotopic (exact) mass is 380 g/mol. The molecule has 0 radical (unpaired) electrons. The van der Waals surface area contributed by atoms with Crippen LogP contribution in [0.15, 0.2) is 31.6 Å². The van der Waals surface area contributed by atoms with Gasteiger partial charge in [0.25, 0.3) is 11.1 Å². The van der Waals surface area contributed by atoms with Gasteiger partial charge in [-0.2, -0.15) is 0 Å². The van der Waals surface area contributed by atoms with E-state index in [1.54, 1.807) is 0 Å². The molecule has 3 heterocycles. The van der Waals surface area contributed by atoms with Crippen LogP contribution in [-0.4, -0.2) is 47.6 Å². The summed E-state index contributed by atoms with van der Waals surface area (Å²) in [6.07, 6.45) is 0.421. The van der Waals surface area contributed by atoms with E-state index in [1.807, 2.05) is 0 Å². The highest BCUT2D eigenvalue weighted by molar-refractivity contribution is 5.05. The Bertz CT molecular complexity index is 1100. The average molecular weight is 380 g/mol. The first kappa shape index (κ1) is 19.0. The molecule has 1 saturated heterocycles. The van der Waals surface area contributed by atoms with E-state index in [9.17, 15) is 29.4 Å².